The van der Waals surface area contributed by atoms with Crippen LogP contribution in [0.3, 0.4) is 0 Å². The lowest BCUT2D eigenvalue weighted by Gasteiger charge is -2.33. The molecular formula is C15H17BF2N2. The predicted molar refractivity (Wildman–Crippen MR) is 79.0 cm³/mol. The molecule has 0 saturated carbocycles. The van der Waals surface area contributed by atoms with Gasteiger partial charge in [0.1, 0.15) is 6.07 Å². The van der Waals surface area contributed by atoms with E-state index in [0.717, 1.165) is 35.4 Å². The topological polar surface area (TPSA) is 35.9 Å². The van der Waals surface area contributed by atoms with Crippen molar-refractivity contribution in [1.82, 2.24) is 0 Å². The van der Waals surface area contributed by atoms with E-state index in [1.165, 1.54) is 6.08 Å². The quantitative estimate of drug-likeness (QED) is 0.696. The van der Waals surface area contributed by atoms with E-state index in [-0.39, 0.29) is 5.61 Å². The van der Waals surface area contributed by atoms with Gasteiger partial charge in [0.25, 0.3) is 0 Å². The van der Waals surface area contributed by atoms with Crippen molar-refractivity contribution >= 4 is 18.3 Å². The van der Waals surface area contributed by atoms with Gasteiger partial charge in [-0.05, 0) is 30.0 Å². The van der Waals surface area contributed by atoms with Crippen molar-refractivity contribution in [3.63, 3.8) is 0 Å². The highest BCUT2D eigenvalue weighted by Gasteiger charge is 2.45. The Balaban J connectivity index is 2.25. The number of anilines is 1. The van der Waals surface area contributed by atoms with Crippen LogP contribution in [0.4, 0.5) is 14.4 Å². The van der Waals surface area contributed by atoms with E-state index in [4.69, 9.17) is 5.41 Å². The molecule has 2 heterocycles. The van der Waals surface area contributed by atoms with Crippen LogP contribution in [0, 0.1) is 5.41 Å². The van der Waals surface area contributed by atoms with Crippen LogP contribution in [-0.4, -0.2) is 18.7 Å². The van der Waals surface area contributed by atoms with Crippen molar-refractivity contribution in [3.8, 4) is 0 Å². The number of hydrogen-bond acceptors (Lipinski definition) is 2. The van der Waals surface area contributed by atoms with Crippen molar-refractivity contribution in [2.45, 2.75) is 38.2 Å². The van der Waals surface area contributed by atoms with E-state index in [9.17, 15) is 8.71 Å². The van der Waals surface area contributed by atoms with Gasteiger partial charge < -0.3 is 15.0 Å². The highest BCUT2D eigenvalue weighted by molar-refractivity contribution is 6.88. The molecule has 0 unspecified atom stereocenters. The minimum absolute atomic E-state index is 0.288. The van der Waals surface area contributed by atoms with Crippen molar-refractivity contribution < 1.29 is 8.71 Å². The third-order valence-electron chi connectivity index (χ3n) is 4.37. The molecule has 0 radical (unpaired) electrons. The average Bonchev–Trinajstić information content (AvgIpc) is 2.45. The second-order valence-corrected chi connectivity index (χ2v) is 6.11. The first-order valence-corrected chi connectivity index (χ1v) is 6.88. The number of para-hydroxylation sites is 1. The van der Waals surface area contributed by atoms with Gasteiger partial charge in [-0.15, -0.1) is 0 Å². The normalized spacial score (nSPS) is 26.8. The van der Waals surface area contributed by atoms with Crippen LogP contribution in [0.2, 0.25) is 0 Å². The molecule has 104 valence electrons. The van der Waals surface area contributed by atoms with Crippen LogP contribution in [0.25, 0.3) is 0 Å². The van der Waals surface area contributed by atoms with Gasteiger partial charge >= 0.3 is 6.99 Å². The molecule has 0 aromatic heterocycles. The first-order valence-electron chi connectivity index (χ1n) is 6.88. The zero-order valence-electron chi connectivity index (χ0n) is 11.6. The average molecular weight is 274 g/mol. The highest BCUT2D eigenvalue weighted by Crippen LogP contribution is 2.41. The number of benzene rings is 1. The van der Waals surface area contributed by atoms with E-state index in [2.05, 4.69) is 5.32 Å². The fourth-order valence-corrected chi connectivity index (χ4v) is 3.03. The predicted octanol–water partition coefficient (Wildman–Crippen LogP) is 3.62. The number of fused-ring (bicyclic) bond motifs is 1. The number of nitrogens with one attached hydrogen (secondary N) is 2. The standard InChI is InChI=1S/C15H17BF2N2/c1-15(2)11-5-3-4-9-6-7-10(20-13(9)11)8-12(19)16(18)14(15)17/h3-5,8,14,19-20H,6-7H2,1-2H3/b10-8-,19-12?/t14-/m0/s1. The fourth-order valence-electron chi connectivity index (χ4n) is 3.03. The minimum atomic E-state index is -1.89. The lowest BCUT2D eigenvalue weighted by atomic mass is 9.53. The number of allylic oxidation sites excluding steroid dienone is 2. The van der Waals surface area contributed by atoms with Gasteiger partial charge in [0.15, 0.2) is 0 Å². The molecule has 3 rings (SSSR count). The maximum atomic E-state index is 14.6. The molecule has 20 heavy (non-hydrogen) atoms. The fraction of sp³-hybridized carbons (Fsp3) is 0.400. The summed E-state index contributed by atoms with van der Waals surface area (Å²) in [7, 11) is 0. The number of aryl methyl sites for hydroxylation is 1. The molecule has 0 aliphatic carbocycles. The zero-order valence-corrected chi connectivity index (χ0v) is 11.6. The molecule has 2 N–H and O–H groups in total. The van der Waals surface area contributed by atoms with Crippen molar-refractivity contribution in [3.05, 3.63) is 41.1 Å². The van der Waals surface area contributed by atoms with Crippen molar-refractivity contribution in [2.75, 3.05) is 5.32 Å². The van der Waals surface area contributed by atoms with E-state index < -0.39 is 18.5 Å². The Kier molecular flexibility index (Phi) is 2.96. The van der Waals surface area contributed by atoms with Crippen molar-refractivity contribution in [1.29, 1.82) is 5.41 Å². The summed E-state index contributed by atoms with van der Waals surface area (Å²) in [4.78, 5) is 0. The van der Waals surface area contributed by atoms with Crippen LogP contribution in [0.5, 0.6) is 0 Å². The lowest BCUT2D eigenvalue weighted by molar-refractivity contribution is 0.288. The second kappa shape index (κ2) is 4.43. The molecule has 2 aliphatic heterocycles. The number of halogens is 2. The van der Waals surface area contributed by atoms with E-state index >= 15 is 0 Å². The molecule has 0 amide bonds. The monoisotopic (exact) mass is 274 g/mol. The molecular weight excluding hydrogens is 257 g/mol. The molecule has 2 aliphatic rings. The Hall–Kier alpha value is -1.65. The molecule has 2 nitrogen and oxygen atoms in total. The third kappa shape index (κ3) is 1.87. The summed E-state index contributed by atoms with van der Waals surface area (Å²) in [5.41, 5.74) is 2.32. The first-order chi connectivity index (χ1) is 9.41. The number of rotatable bonds is 0. The van der Waals surface area contributed by atoms with Gasteiger partial charge in [0.05, 0.1) is 0 Å². The Bertz CT molecular complexity index is 610. The van der Waals surface area contributed by atoms with E-state index in [0.29, 0.717) is 0 Å². The summed E-state index contributed by atoms with van der Waals surface area (Å²) in [6.45, 7) is 1.51. The smallest absolute Gasteiger partial charge is 0.358 e. The Morgan fingerprint density at radius 3 is 2.85 bits per heavy atom. The first kappa shape index (κ1) is 13.3. The van der Waals surface area contributed by atoms with Crippen LogP contribution >= 0.6 is 0 Å². The van der Waals surface area contributed by atoms with E-state index in [1.54, 1.807) is 13.8 Å². The van der Waals surface area contributed by atoms with Gasteiger partial charge in [0.2, 0.25) is 0 Å². The van der Waals surface area contributed by atoms with E-state index in [1.807, 2.05) is 18.2 Å². The molecule has 1 atom stereocenters. The second-order valence-electron chi connectivity index (χ2n) is 6.11. The molecule has 1 aromatic carbocycles. The Morgan fingerprint density at radius 1 is 1.35 bits per heavy atom. The number of alkyl halides is 1. The molecule has 2 bridgehead atoms. The minimum Gasteiger partial charge on any atom is -0.358 e. The van der Waals surface area contributed by atoms with Crippen LogP contribution in [0.1, 0.15) is 31.4 Å². The summed E-state index contributed by atoms with van der Waals surface area (Å²) >= 11 is 0. The van der Waals surface area contributed by atoms with Gasteiger partial charge in [-0.25, -0.2) is 0 Å². The number of hydrogen-bond donors (Lipinski definition) is 2. The van der Waals surface area contributed by atoms with Crippen LogP contribution in [0.15, 0.2) is 30.0 Å². The maximum absolute atomic E-state index is 14.6. The maximum Gasteiger partial charge on any atom is 0.434 e. The molecule has 5 heteroatoms. The summed E-state index contributed by atoms with van der Waals surface area (Å²) in [5, 5.41) is 11.0. The Labute approximate surface area is 117 Å². The summed E-state index contributed by atoms with van der Waals surface area (Å²) < 4.78 is 28.8. The zero-order chi connectivity index (χ0) is 14.5. The summed E-state index contributed by atoms with van der Waals surface area (Å²) in [6, 6.07) is 5.76. The highest BCUT2D eigenvalue weighted by atomic mass is 19.2. The Morgan fingerprint density at radius 2 is 2.10 bits per heavy atom. The lowest BCUT2D eigenvalue weighted by Crippen LogP contribution is -2.44. The van der Waals surface area contributed by atoms with Crippen LogP contribution in [-0.2, 0) is 11.8 Å². The molecule has 1 aromatic rings. The van der Waals surface area contributed by atoms with Gasteiger partial charge in [-0.3, -0.25) is 4.39 Å². The summed E-state index contributed by atoms with van der Waals surface area (Å²) in [5.74, 6) is 0. The molecule has 0 fully saturated rings. The van der Waals surface area contributed by atoms with Gasteiger partial charge in [0, 0.05) is 22.4 Å². The summed E-state index contributed by atoms with van der Waals surface area (Å²) in [6.07, 6.45) is 1.26. The van der Waals surface area contributed by atoms with Gasteiger partial charge in [-0.1, -0.05) is 32.0 Å². The third-order valence-corrected chi connectivity index (χ3v) is 4.37. The molecule has 0 spiro atoms. The molecule has 0 saturated heterocycles. The van der Waals surface area contributed by atoms with Crippen LogP contribution < -0.4 is 5.32 Å². The SMILES string of the molecule is CC1(C)c2cccc3c2N/C(=C\C(=N)B(F)[C@H]1F)CC3. The van der Waals surface area contributed by atoms with Gasteiger partial charge in [-0.2, -0.15) is 0 Å². The largest absolute Gasteiger partial charge is 0.434 e. The van der Waals surface area contributed by atoms with Crippen molar-refractivity contribution in [2.24, 2.45) is 0 Å².